The zero-order valence-electron chi connectivity index (χ0n) is 69.3. The van der Waals surface area contributed by atoms with Gasteiger partial charge in [-0.25, -0.2) is 74.8 Å². The first kappa shape index (κ1) is 76.5. The van der Waals surface area contributed by atoms with Crippen LogP contribution >= 0.6 is 0 Å². The third-order valence-corrected chi connectivity index (χ3v) is 23.2. The molecule has 0 spiro atoms. The van der Waals surface area contributed by atoms with Crippen molar-refractivity contribution >= 4 is 43.6 Å². The third-order valence-electron chi connectivity index (χ3n) is 23.2. The zero-order valence-corrected chi connectivity index (χ0v) is 69.3. The van der Waals surface area contributed by atoms with Gasteiger partial charge in [0.1, 0.15) is 0 Å². The van der Waals surface area contributed by atoms with Gasteiger partial charge < -0.3 is 9.13 Å². The normalized spacial score (nSPS) is 11.4. The second kappa shape index (κ2) is 33.0. The standard InChI is InChI=1S/C112H68N18/c113-69-70-51-57-86(97(63-70)130-95-61-55-84(111-125-104(77-43-23-7-24-44-77)117-105(126-111)78-45-25-8-26-46-78)67-90(95)91-68-85(56-62-96(91)130)112-127-106(79-47-27-9-28-48-79)118-107(128-112)80-49-29-10-30-50-80)87-64-81(108-119-98(71-31-11-1-12-32-71)114-99(120-108)72-33-13-2-14-34-72)52-58-92(87)129-93-59-53-82(109-121-100(73-35-15-3-16-36-73)115-101(122-109)74-37-17-4-18-38-74)65-88(93)89-66-83(54-60-94(89)129)110-123-102(75-39-19-5-20-40-75)116-103(124-110)76-41-21-6-22-42-76/h1-68H. The topological polar surface area (TPSA) is 227 Å². The van der Waals surface area contributed by atoms with Crippen molar-refractivity contribution in [3.8, 4) is 199 Å². The van der Waals surface area contributed by atoms with Crippen LogP contribution in [0, 0.1) is 11.3 Å². The molecule has 7 heterocycles. The summed E-state index contributed by atoms with van der Waals surface area (Å²) in [5, 5.41) is 14.9. The summed E-state index contributed by atoms with van der Waals surface area (Å²) in [5.41, 5.74) is 18.7. The molecule has 0 amide bonds. The van der Waals surface area contributed by atoms with Gasteiger partial charge in [0.25, 0.3) is 0 Å². The van der Waals surface area contributed by atoms with Gasteiger partial charge in [-0.3, -0.25) is 0 Å². The van der Waals surface area contributed by atoms with E-state index in [0.29, 0.717) is 104 Å². The highest BCUT2D eigenvalue weighted by Gasteiger charge is 2.28. The van der Waals surface area contributed by atoms with Gasteiger partial charge in [-0.1, -0.05) is 309 Å². The first-order valence-electron chi connectivity index (χ1n) is 42.6. The zero-order chi connectivity index (χ0) is 86.4. The van der Waals surface area contributed by atoms with Crippen molar-refractivity contribution in [3.63, 3.8) is 0 Å². The lowest BCUT2D eigenvalue weighted by atomic mass is 9.96. The molecule has 0 N–H and O–H groups in total. The summed E-state index contributed by atoms with van der Waals surface area (Å²) >= 11 is 0. The van der Waals surface area contributed by atoms with E-state index in [1.165, 1.54) is 0 Å². The summed E-state index contributed by atoms with van der Waals surface area (Å²) in [6.45, 7) is 0. The minimum Gasteiger partial charge on any atom is -0.309 e. The minimum absolute atomic E-state index is 0.418. The van der Waals surface area contributed by atoms with Crippen LogP contribution in [0.3, 0.4) is 0 Å². The molecular weight excluding hydrogens is 1600 g/mol. The maximum atomic E-state index is 11.5. The highest BCUT2D eigenvalue weighted by Crippen LogP contribution is 2.46. The quantitative estimate of drug-likeness (QED) is 0.0778. The molecule has 606 valence electrons. The van der Waals surface area contributed by atoms with Gasteiger partial charge in [0.15, 0.2) is 87.4 Å². The van der Waals surface area contributed by atoms with Crippen LogP contribution < -0.4 is 0 Å². The van der Waals surface area contributed by atoms with E-state index in [2.05, 4.69) is 112 Å². The molecule has 0 radical (unpaired) electrons. The Labute approximate surface area is 745 Å². The Morgan fingerprint density at radius 1 is 0.154 bits per heavy atom. The number of hydrogen-bond donors (Lipinski definition) is 0. The summed E-state index contributed by atoms with van der Waals surface area (Å²) in [4.78, 5) is 78.9. The van der Waals surface area contributed by atoms with Crippen LogP contribution in [0.15, 0.2) is 413 Å². The Kier molecular flexibility index (Phi) is 19.5. The average molecular weight is 1670 g/mol. The Hall–Kier alpha value is -18.3. The SMILES string of the molecule is N#Cc1ccc(-c2cc(-c3nc(-c4ccccc4)nc(-c4ccccc4)n3)ccc2-n2c3ccc(-c4nc(-c5ccccc5)nc(-c5ccccc5)n4)cc3c3cc(-c4nc(-c5ccccc5)nc(-c5ccccc5)n4)ccc32)c(-n2c3ccc(-c4nc(-c5ccccc5)nc(-c5ccccc5)n4)cc3c3cc(-c4nc(-c5ccccc5)nc(-c5ccccc5)n4)ccc32)c1. The molecule has 0 fully saturated rings. The second-order valence-corrected chi connectivity index (χ2v) is 31.4. The van der Waals surface area contributed by atoms with Gasteiger partial charge in [0, 0.05) is 116 Å². The number of hydrogen-bond acceptors (Lipinski definition) is 16. The van der Waals surface area contributed by atoms with E-state index in [4.69, 9.17) is 74.8 Å². The molecule has 0 unspecified atom stereocenters. The monoisotopic (exact) mass is 1660 g/mol. The van der Waals surface area contributed by atoms with Crippen molar-refractivity contribution in [1.29, 1.82) is 5.26 Å². The van der Waals surface area contributed by atoms with E-state index in [1.807, 2.05) is 315 Å². The van der Waals surface area contributed by atoms with Crippen molar-refractivity contribution < 1.29 is 0 Å². The van der Waals surface area contributed by atoms with E-state index in [9.17, 15) is 5.26 Å². The molecular formula is C112H68N18. The first-order chi connectivity index (χ1) is 64.3. The van der Waals surface area contributed by atoms with Crippen LogP contribution in [0.1, 0.15) is 5.56 Å². The van der Waals surface area contributed by atoms with E-state index in [0.717, 1.165) is 138 Å². The van der Waals surface area contributed by atoms with Gasteiger partial charge >= 0.3 is 0 Å². The lowest BCUT2D eigenvalue weighted by molar-refractivity contribution is 1.07. The maximum Gasteiger partial charge on any atom is 0.164 e. The molecule has 0 saturated heterocycles. The second-order valence-electron chi connectivity index (χ2n) is 31.4. The number of benzene rings is 16. The fourth-order valence-corrected chi connectivity index (χ4v) is 16.9. The molecule has 0 saturated carbocycles. The van der Waals surface area contributed by atoms with Crippen LogP contribution in [-0.4, -0.2) is 83.9 Å². The lowest BCUT2D eigenvalue weighted by Crippen LogP contribution is -2.04. The number of fused-ring (bicyclic) bond motifs is 6. The predicted octanol–water partition coefficient (Wildman–Crippen LogP) is 25.3. The average Bonchev–Trinajstić information content (AvgIpc) is 1.57. The molecule has 0 aliphatic carbocycles. The number of rotatable bonds is 18. The maximum absolute atomic E-state index is 11.5. The van der Waals surface area contributed by atoms with Gasteiger partial charge in [-0.05, 0) is 103 Å². The van der Waals surface area contributed by atoms with Crippen molar-refractivity contribution in [3.05, 3.63) is 418 Å². The first-order valence-corrected chi connectivity index (χ1v) is 42.6. The summed E-state index contributed by atoms with van der Waals surface area (Å²) in [5.74, 6) is 7.52. The van der Waals surface area contributed by atoms with Crippen LogP contribution in [0.25, 0.3) is 237 Å². The molecule has 0 aliphatic rings. The molecule has 23 aromatic rings. The number of aromatic nitrogens is 17. The molecule has 18 nitrogen and oxygen atoms in total. The highest BCUT2D eigenvalue weighted by molar-refractivity contribution is 6.14. The molecule has 7 aromatic heterocycles. The van der Waals surface area contributed by atoms with E-state index < -0.39 is 0 Å². The van der Waals surface area contributed by atoms with Gasteiger partial charge in [-0.2, -0.15) is 5.26 Å². The van der Waals surface area contributed by atoms with Crippen molar-refractivity contribution in [2.75, 3.05) is 0 Å². The predicted molar refractivity (Wildman–Crippen MR) is 514 cm³/mol. The molecule has 18 heteroatoms. The molecule has 0 atom stereocenters. The molecule has 0 bridgehead atoms. The summed E-state index contributed by atoms with van der Waals surface area (Å²) in [7, 11) is 0. The number of nitriles is 1. The molecule has 16 aromatic carbocycles. The van der Waals surface area contributed by atoms with E-state index in [-0.39, 0.29) is 0 Å². The van der Waals surface area contributed by atoms with Crippen molar-refractivity contribution in [2.45, 2.75) is 0 Å². The van der Waals surface area contributed by atoms with Crippen molar-refractivity contribution in [2.24, 2.45) is 0 Å². The van der Waals surface area contributed by atoms with Crippen molar-refractivity contribution in [1.82, 2.24) is 83.9 Å². The van der Waals surface area contributed by atoms with Gasteiger partial charge in [0.2, 0.25) is 0 Å². The largest absolute Gasteiger partial charge is 0.309 e. The Balaban J connectivity index is 0.800. The smallest absolute Gasteiger partial charge is 0.164 e. The summed E-state index contributed by atoms with van der Waals surface area (Å²) < 4.78 is 4.59. The van der Waals surface area contributed by atoms with Crippen LogP contribution in [0.4, 0.5) is 0 Å². The molecule has 130 heavy (non-hydrogen) atoms. The van der Waals surface area contributed by atoms with Gasteiger partial charge in [0.05, 0.1) is 45.1 Å². The van der Waals surface area contributed by atoms with E-state index >= 15 is 0 Å². The Bertz CT molecular complexity index is 7660. The molecule has 0 aliphatic heterocycles. The minimum atomic E-state index is 0.418. The van der Waals surface area contributed by atoms with Crippen LogP contribution in [0.2, 0.25) is 0 Å². The van der Waals surface area contributed by atoms with E-state index in [1.54, 1.807) is 0 Å². The van der Waals surface area contributed by atoms with Gasteiger partial charge in [-0.15, -0.1) is 0 Å². The van der Waals surface area contributed by atoms with Crippen LogP contribution in [0.5, 0.6) is 0 Å². The number of nitrogens with zero attached hydrogens (tertiary/aromatic N) is 18. The fourth-order valence-electron chi connectivity index (χ4n) is 16.9. The fraction of sp³-hybridized carbons (Fsp3) is 0. The summed E-state index contributed by atoms with van der Waals surface area (Å²) in [6, 6.07) is 140. The third kappa shape index (κ3) is 14.6. The highest BCUT2D eigenvalue weighted by atomic mass is 15.1. The van der Waals surface area contributed by atoms with Crippen LogP contribution in [-0.2, 0) is 0 Å². The Morgan fingerprint density at radius 2 is 0.338 bits per heavy atom. The Morgan fingerprint density at radius 3 is 0.546 bits per heavy atom. The lowest BCUT2D eigenvalue weighted by Gasteiger charge is -2.20. The molecule has 23 rings (SSSR count). The summed E-state index contributed by atoms with van der Waals surface area (Å²) in [6.07, 6.45) is 0.